The van der Waals surface area contributed by atoms with E-state index in [1.54, 1.807) is 24.3 Å². The van der Waals surface area contributed by atoms with Gasteiger partial charge in [0.15, 0.2) is 11.5 Å². The summed E-state index contributed by atoms with van der Waals surface area (Å²) in [4.78, 5) is 22.3. The highest BCUT2D eigenvalue weighted by Crippen LogP contribution is 2.47. The fraction of sp³-hybridized carbons (Fsp3) is 0.133. The van der Waals surface area contributed by atoms with Crippen molar-refractivity contribution in [1.29, 1.82) is 0 Å². The van der Waals surface area contributed by atoms with E-state index in [1.165, 1.54) is 24.3 Å². The summed E-state index contributed by atoms with van der Waals surface area (Å²) in [7, 11) is 0. The topological polar surface area (TPSA) is 93.1 Å². The van der Waals surface area contributed by atoms with Gasteiger partial charge in [0.25, 0.3) is 0 Å². The van der Waals surface area contributed by atoms with Crippen molar-refractivity contribution in [2.75, 3.05) is 0 Å². The molecule has 0 fully saturated rings. The quantitative estimate of drug-likeness (QED) is 0.175. The third-order valence-corrected chi connectivity index (χ3v) is 8.98. The lowest BCUT2D eigenvalue weighted by atomic mass is 9.74. The Balaban J connectivity index is 1.64. The molecule has 0 bridgehead atoms. The third-order valence-electron chi connectivity index (χ3n) is 6.62. The minimum atomic E-state index is -0.996. The second kappa shape index (κ2) is 12.5. The van der Waals surface area contributed by atoms with E-state index in [4.69, 9.17) is 19.7 Å². The van der Waals surface area contributed by atoms with Crippen LogP contribution in [0.3, 0.4) is 0 Å². The first-order valence-corrected chi connectivity index (χ1v) is 15.1. The highest BCUT2D eigenvalue weighted by atomic mass is 79.9. The van der Waals surface area contributed by atoms with E-state index in [0.29, 0.717) is 23.0 Å². The number of hydrogen-bond acceptors (Lipinski definition) is 4. The normalized spacial score (nSPS) is 11.2. The second-order valence-corrected chi connectivity index (χ2v) is 12.5. The number of halogens is 4. The maximum atomic E-state index is 11.1. The maximum Gasteiger partial charge on any atom is 0.335 e. The summed E-state index contributed by atoms with van der Waals surface area (Å²) in [6.45, 7) is 4.28. The monoisotopic (exact) mass is 794 g/mol. The maximum absolute atomic E-state index is 11.1. The molecule has 4 aromatic carbocycles. The molecular formula is C30H22Br4O6. The Morgan fingerprint density at radius 3 is 1.20 bits per heavy atom. The fourth-order valence-electron chi connectivity index (χ4n) is 4.09. The van der Waals surface area contributed by atoms with E-state index in [1.807, 2.05) is 24.3 Å². The molecule has 0 saturated carbocycles. The number of carbonyl (C=O) groups is 2. The minimum absolute atomic E-state index is 0.185. The highest BCUT2D eigenvalue weighted by molar-refractivity contribution is 9.11. The van der Waals surface area contributed by atoms with Gasteiger partial charge >= 0.3 is 11.9 Å². The molecule has 0 unspecified atom stereocenters. The van der Waals surface area contributed by atoms with Crippen molar-refractivity contribution < 1.29 is 29.3 Å². The van der Waals surface area contributed by atoms with Gasteiger partial charge in [-0.1, -0.05) is 13.8 Å². The van der Waals surface area contributed by atoms with Crippen LogP contribution in [-0.2, 0) is 5.41 Å². The molecule has 2 N–H and O–H groups in total. The van der Waals surface area contributed by atoms with Gasteiger partial charge in [-0.2, -0.15) is 0 Å². The van der Waals surface area contributed by atoms with E-state index >= 15 is 0 Å². The number of carboxylic acid groups (broad SMARTS) is 2. The van der Waals surface area contributed by atoms with Crippen LogP contribution in [0.15, 0.2) is 90.7 Å². The number of aromatic carboxylic acids is 2. The summed E-state index contributed by atoms with van der Waals surface area (Å²) in [5.41, 5.74) is 2.06. The van der Waals surface area contributed by atoms with Crippen LogP contribution in [0, 0.1) is 0 Å². The SMILES string of the molecule is CCC(C)(c1cc(Br)c(Oc2ccc(C(=O)O)cc2)c(Br)c1)c1cc(Br)c(Oc2ccc(C(=O)O)cc2)c(Br)c1. The minimum Gasteiger partial charge on any atom is -0.478 e. The van der Waals surface area contributed by atoms with Crippen molar-refractivity contribution in [3.63, 3.8) is 0 Å². The van der Waals surface area contributed by atoms with Crippen LogP contribution in [0.1, 0.15) is 52.1 Å². The summed E-state index contributed by atoms with van der Waals surface area (Å²) >= 11 is 14.6. The summed E-state index contributed by atoms with van der Waals surface area (Å²) in [6, 6.07) is 20.5. The highest BCUT2D eigenvalue weighted by Gasteiger charge is 2.30. The van der Waals surface area contributed by atoms with Gasteiger partial charge in [-0.15, -0.1) is 0 Å². The molecule has 4 rings (SSSR count). The van der Waals surface area contributed by atoms with Crippen LogP contribution in [0.5, 0.6) is 23.0 Å². The van der Waals surface area contributed by atoms with Gasteiger partial charge in [0.1, 0.15) is 11.5 Å². The van der Waals surface area contributed by atoms with Crippen LogP contribution in [0.2, 0.25) is 0 Å². The molecule has 0 aliphatic rings. The van der Waals surface area contributed by atoms with Crippen molar-refractivity contribution in [3.05, 3.63) is 113 Å². The molecule has 0 amide bonds. The first-order valence-electron chi connectivity index (χ1n) is 11.9. The average molecular weight is 798 g/mol. The Morgan fingerprint density at radius 1 is 0.650 bits per heavy atom. The van der Waals surface area contributed by atoms with Gasteiger partial charge < -0.3 is 19.7 Å². The molecule has 0 atom stereocenters. The van der Waals surface area contributed by atoms with Crippen molar-refractivity contribution in [2.24, 2.45) is 0 Å². The van der Waals surface area contributed by atoms with Gasteiger partial charge in [-0.05, 0) is 154 Å². The smallest absolute Gasteiger partial charge is 0.335 e. The summed E-state index contributed by atoms with van der Waals surface area (Å²) in [5, 5.41) is 18.3. The van der Waals surface area contributed by atoms with Crippen molar-refractivity contribution >= 4 is 75.7 Å². The zero-order chi connectivity index (χ0) is 29.2. The van der Waals surface area contributed by atoms with Crippen LogP contribution in [0.4, 0.5) is 0 Å². The summed E-state index contributed by atoms with van der Waals surface area (Å²) in [6.07, 6.45) is 0.790. The van der Waals surface area contributed by atoms with E-state index in [2.05, 4.69) is 77.6 Å². The lowest BCUT2D eigenvalue weighted by molar-refractivity contribution is 0.0686. The molecular weight excluding hydrogens is 776 g/mol. The van der Waals surface area contributed by atoms with Crippen LogP contribution < -0.4 is 9.47 Å². The number of ether oxygens (including phenoxy) is 2. The van der Waals surface area contributed by atoms with Crippen molar-refractivity contribution in [3.8, 4) is 23.0 Å². The van der Waals surface area contributed by atoms with Gasteiger partial charge in [-0.3, -0.25) is 0 Å². The third kappa shape index (κ3) is 6.46. The average Bonchev–Trinajstić information content (AvgIpc) is 2.92. The molecule has 0 heterocycles. The van der Waals surface area contributed by atoms with Gasteiger partial charge in [0.2, 0.25) is 0 Å². The summed E-state index contributed by atoms with van der Waals surface area (Å²) < 4.78 is 15.1. The lowest BCUT2D eigenvalue weighted by Crippen LogP contribution is -2.23. The molecule has 0 radical (unpaired) electrons. The molecule has 40 heavy (non-hydrogen) atoms. The van der Waals surface area contributed by atoms with E-state index in [9.17, 15) is 9.59 Å². The molecule has 4 aromatic rings. The number of carboxylic acids is 2. The molecule has 0 aliphatic carbocycles. The molecule has 0 aliphatic heterocycles. The van der Waals surface area contributed by atoms with E-state index < -0.39 is 11.9 Å². The van der Waals surface area contributed by atoms with Gasteiger partial charge in [0.05, 0.1) is 29.0 Å². The second-order valence-electron chi connectivity index (χ2n) is 9.09. The largest absolute Gasteiger partial charge is 0.478 e. The summed E-state index contributed by atoms with van der Waals surface area (Å²) in [5.74, 6) is 0.182. The van der Waals surface area contributed by atoms with Gasteiger partial charge in [0, 0.05) is 5.41 Å². The standard InChI is InChI=1S/C30H22Br4O6/c1-3-30(2,18-12-22(31)26(23(32)13-18)39-20-8-4-16(5-9-20)28(35)36)19-14-24(33)27(25(34)15-19)40-21-10-6-17(7-11-21)29(37)38/h4-15H,3H2,1-2H3,(H,35,36)(H,37,38). The van der Waals surface area contributed by atoms with Crippen LogP contribution >= 0.6 is 63.7 Å². The predicted molar refractivity (Wildman–Crippen MR) is 167 cm³/mol. The number of hydrogen-bond donors (Lipinski definition) is 2. The lowest BCUT2D eigenvalue weighted by Gasteiger charge is -2.31. The molecule has 0 aromatic heterocycles. The van der Waals surface area contributed by atoms with Crippen LogP contribution in [-0.4, -0.2) is 22.2 Å². The Morgan fingerprint density at radius 2 is 0.950 bits per heavy atom. The predicted octanol–water partition coefficient (Wildman–Crippen LogP) is 10.4. The Bertz CT molecular complexity index is 1420. The molecule has 10 heteroatoms. The van der Waals surface area contributed by atoms with Crippen LogP contribution in [0.25, 0.3) is 0 Å². The first kappa shape index (κ1) is 30.3. The Kier molecular flexibility index (Phi) is 9.44. The van der Waals surface area contributed by atoms with Crippen molar-refractivity contribution in [1.82, 2.24) is 0 Å². The zero-order valence-electron chi connectivity index (χ0n) is 21.2. The van der Waals surface area contributed by atoms with Gasteiger partial charge in [-0.25, -0.2) is 9.59 Å². The Labute approximate surface area is 264 Å². The molecule has 0 spiro atoms. The fourth-order valence-corrected chi connectivity index (χ4v) is 6.79. The molecule has 6 nitrogen and oxygen atoms in total. The van der Waals surface area contributed by atoms with E-state index in [0.717, 1.165) is 35.4 Å². The first-order chi connectivity index (χ1) is 18.9. The zero-order valence-corrected chi connectivity index (χ0v) is 27.5. The number of rotatable bonds is 9. The molecule has 0 saturated heterocycles. The number of benzene rings is 4. The Hall–Kier alpha value is -2.66. The van der Waals surface area contributed by atoms with E-state index in [-0.39, 0.29) is 16.5 Å². The molecule has 206 valence electrons. The van der Waals surface area contributed by atoms with Crippen molar-refractivity contribution in [2.45, 2.75) is 25.7 Å².